The smallest absolute Gasteiger partial charge is 0.416 e. The number of likely N-dealkylation sites (N-methyl/N-ethyl adjacent to an activating group) is 1. The zero-order valence-corrected chi connectivity index (χ0v) is 44.7. The van der Waals surface area contributed by atoms with Crippen LogP contribution in [-0.2, 0) is 41.6 Å². The largest absolute Gasteiger partial charge is 0.458 e. The van der Waals surface area contributed by atoms with Gasteiger partial charge in [-0.25, -0.2) is 36.1 Å². The molecule has 25 heteroatoms. The second kappa shape index (κ2) is 23.8. The molecule has 0 spiro atoms. The van der Waals surface area contributed by atoms with Crippen LogP contribution < -0.4 is 15.1 Å². The number of carbonyl (C=O) groups is 3. The molecule has 2 unspecified atom stereocenters. The summed E-state index contributed by atoms with van der Waals surface area (Å²) in [5.41, 5.74) is -2.25. The molecule has 0 radical (unpaired) electrons. The standard InChI is InChI=1S/C24H20F3N3O5S.C22H17F3N4O3S.CH3I.HI/c1-4-10-35-22(31)20-14(2)30(17-7-5-6-16(12-17)24(25,26)27)23(32)29-21(20)18-9-8-15(13-28)11-19(18)36(3,33)34;1-13-19(27-2)20(17-9-8-14(12-26)10-18(17)33(4,31)32)28(3)21(30)29(13)16-7-5-6-15(11-16)22(23,24)25;1-2;/h4-9,11-12,21H,1,10H2,2-3H3,(H,29,32);5-11,20H,1,3-4H3;1H3;1H. The number of nitriles is 2. The van der Waals surface area contributed by atoms with Crippen molar-refractivity contribution in [3.8, 4) is 12.1 Å². The van der Waals surface area contributed by atoms with Gasteiger partial charge in [0.1, 0.15) is 6.61 Å². The Morgan fingerprint density at radius 3 is 1.69 bits per heavy atom. The van der Waals surface area contributed by atoms with Crippen molar-refractivity contribution in [1.29, 1.82) is 10.5 Å². The number of amides is 4. The number of anilines is 2. The number of halogens is 8. The van der Waals surface area contributed by atoms with Crippen LogP contribution in [0.1, 0.15) is 59.3 Å². The second-order valence-electron chi connectivity index (χ2n) is 15.2. The predicted molar refractivity (Wildman–Crippen MR) is 272 cm³/mol. The van der Waals surface area contributed by atoms with Gasteiger partial charge in [0.2, 0.25) is 5.70 Å². The molecule has 2 aliphatic heterocycles. The molecule has 4 aromatic rings. The van der Waals surface area contributed by atoms with Crippen molar-refractivity contribution in [3.05, 3.63) is 165 Å². The molecule has 1 N–H and O–H groups in total. The maximum Gasteiger partial charge on any atom is 0.416 e. The first-order valence-corrected chi connectivity index (χ1v) is 26.0. The third kappa shape index (κ3) is 13.1. The number of alkyl halides is 7. The molecule has 2 heterocycles. The highest BCUT2D eigenvalue weighted by Gasteiger charge is 2.42. The van der Waals surface area contributed by atoms with E-state index in [-0.39, 0.29) is 96.7 Å². The number of esters is 1. The van der Waals surface area contributed by atoms with Crippen LogP contribution in [0.4, 0.5) is 47.3 Å². The molecule has 380 valence electrons. The van der Waals surface area contributed by atoms with E-state index in [9.17, 15) is 62.8 Å². The summed E-state index contributed by atoms with van der Waals surface area (Å²) in [6, 6.07) is 15.3. The third-order valence-electron chi connectivity index (χ3n) is 10.6. The van der Waals surface area contributed by atoms with Crippen LogP contribution in [0.2, 0.25) is 0 Å². The molecular weight excluding hydrogens is 1220 g/mol. The topological polar surface area (TPSA) is 202 Å². The van der Waals surface area contributed by atoms with Crippen molar-refractivity contribution < 1.29 is 62.3 Å². The monoisotopic (exact) mass is 1260 g/mol. The Labute approximate surface area is 441 Å². The van der Waals surface area contributed by atoms with Crippen molar-refractivity contribution >= 4 is 95.6 Å². The highest BCUT2D eigenvalue weighted by atomic mass is 127. The highest BCUT2D eigenvalue weighted by molar-refractivity contribution is 14.1. The SMILES string of the molecule is C=CCOC(=O)C1=C(C)N(c2cccc(C(F)(F)F)c2)C(=O)NC1c1ccc(C#N)cc1S(C)(=O)=O.CI.I.[C-]#[N+]C1=C(C)N(c2cccc(C(F)(F)F)c2)C(=O)N(C)C1c1ccc(C#N)cc1S(C)(=O)=O. The van der Waals surface area contributed by atoms with Gasteiger partial charge >= 0.3 is 30.4 Å². The van der Waals surface area contributed by atoms with Crippen LogP contribution in [0, 0.1) is 29.2 Å². The van der Waals surface area contributed by atoms with E-state index in [1.165, 1.54) is 69.4 Å². The summed E-state index contributed by atoms with van der Waals surface area (Å²) in [6.45, 7) is 13.7. The van der Waals surface area contributed by atoms with E-state index < -0.39 is 73.3 Å². The van der Waals surface area contributed by atoms with Gasteiger partial charge in [0.15, 0.2) is 19.7 Å². The molecule has 2 atom stereocenters. The second-order valence-corrected chi connectivity index (χ2v) is 19.2. The predicted octanol–water partition coefficient (Wildman–Crippen LogP) is 10.7. The minimum Gasteiger partial charge on any atom is -0.458 e. The van der Waals surface area contributed by atoms with Gasteiger partial charge < -0.3 is 15.0 Å². The van der Waals surface area contributed by atoms with Gasteiger partial charge in [0.25, 0.3) is 0 Å². The maximum atomic E-state index is 13.3. The number of ether oxygens (including phenoxy) is 1. The number of hydrogen-bond donors (Lipinski definition) is 1. The van der Waals surface area contributed by atoms with Crippen LogP contribution >= 0.6 is 46.6 Å². The number of nitrogens with zero attached hydrogens (tertiary/aromatic N) is 6. The van der Waals surface area contributed by atoms with Crippen molar-refractivity contribution in [2.75, 3.05) is 40.9 Å². The van der Waals surface area contributed by atoms with E-state index in [2.05, 4.69) is 39.3 Å². The molecule has 4 aromatic carbocycles. The fourth-order valence-electron chi connectivity index (χ4n) is 7.43. The summed E-state index contributed by atoms with van der Waals surface area (Å²) >= 11 is 2.15. The van der Waals surface area contributed by atoms with Crippen LogP contribution in [0.15, 0.2) is 130 Å². The fraction of sp³-hybridized carbons (Fsp3) is 0.234. The van der Waals surface area contributed by atoms with Crippen LogP contribution in [0.3, 0.4) is 0 Å². The van der Waals surface area contributed by atoms with Gasteiger partial charge in [-0.05, 0) is 90.6 Å². The minimum atomic E-state index is -4.68. The lowest BCUT2D eigenvalue weighted by Gasteiger charge is -2.40. The van der Waals surface area contributed by atoms with Crippen molar-refractivity contribution in [2.45, 2.75) is 48.1 Å². The van der Waals surface area contributed by atoms with Gasteiger partial charge in [0, 0.05) is 36.6 Å². The average Bonchev–Trinajstić information content (AvgIpc) is 3.31. The first-order chi connectivity index (χ1) is 33.1. The van der Waals surface area contributed by atoms with Gasteiger partial charge in [-0.15, -0.1) is 24.0 Å². The third-order valence-corrected chi connectivity index (χ3v) is 12.9. The average molecular weight is 1260 g/mol. The Bertz CT molecular complexity index is 3240. The summed E-state index contributed by atoms with van der Waals surface area (Å²) in [5, 5.41) is 20.8. The highest BCUT2D eigenvalue weighted by Crippen LogP contribution is 2.43. The quantitative estimate of drug-likeness (QED) is 0.0419. The van der Waals surface area contributed by atoms with Crippen molar-refractivity contribution in [3.63, 3.8) is 0 Å². The molecule has 0 saturated heterocycles. The first-order valence-electron chi connectivity index (χ1n) is 20.1. The number of carbonyl (C=O) groups excluding carboxylic acids is 3. The Balaban J connectivity index is 0.000000364. The molecule has 72 heavy (non-hydrogen) atoms. The lowest BCUT2D eigenvalue weighted by Crippen LogP contribution is -2.48. The van der Waals surface area contributed by atoms with E-state index in [4.69, 9.17) is 16.6 Å². The number of hydrogen-bond acceptors (Lipinski definition) is 10. The number of benzene rings is 4. The van der Waals surface area contributed by atoms with Gasteiger partial charge in [-0.1, -0.05) is 59.5 Å². The lowest BCUT2D eigenvalue weighted by molar-refractivity contribution is -0.139. The Morgan fingerprint density at radius 2 is 1.26 bits per heavy atom. The number of sulfone groups is 2. The number of nitrogens with one attached hydrogen (secondary N) is 1. The first kappa shape index (κ1) is 59.8. The summed E-state index contributed by atoms with van der Waals surface area (Å²) in [6.07, 6.45) is -6.17. The Hall–Kier alpha value is -6.48. The molecule has 0 aromatic heterocycles. The van der Waals surface area contributed by atoms with Crippen molar-refractivity contribution in [2.24, 2.45) is 0 Å². The van der Waals surface area contributed by atoms with Gasteiger partial charge in [-0.2, -0.15) is 36.9 Å². The van der Waals surface area contributed by atoms with E-state index in [1.54, 1.807) is 0 Å². The van der Waals surface area contributed by atoms with Crippen LogP contribution in [0.25, 0.3) is 4.85 Å². The molecule has 4 amide bonds. The summed E-state index contributed by atoms with van der Waals surface area (Å²) in [7, 11) is -6.45. The van der Waals surface area contributed by atoms with Crippen LogP contribution in [-0.4, -0.2) is 70.9 Å². The summed E-state index contributed by atoms with van der Waals surface area (Å²) < 4.78 is 134. The number of urea groups is 2. The molecule has 0 fully saturated rings. The molecule has 15 nitrogen and oxygen atoms in total. The molecule has 2 aliphatic rings. The van der Waals surface area contributed by atoms with E-state index in [0.29, 0.717) is 0 Å². The Morgan fingerprint density at radius 1 is 0.806 bits per heavy atom. The van der Waals surface area contributed by atoms with Gasteiger partial charge in [-0.3, -0.25) is 9.80 Å². The minimum absolute atomic E-state index is 0. The summed E-state index contributed by atoms with van der Waals surface area (Å²) in [5.74, 6) is -0.946. The van der Waals surface area contributed by atoms with Crippen LogP contribution in [0.5, 0.6) is 0 Å². The van der Waals surface area contributed by atoms with E-state index in [0.717, 1.165) is 69.7 Å². The maximum absolute atomic E-state index is 13.3. The number of allylic oxidation sites excluding steroid dienone is 2. The molecule has 0 bridgehead atoms. The number of rotatable bonds is 9. The Kier molecular flexibility index (Phi) is 19.8. The van der Waals surface area contributed by atoms with E-state index >= 15 is 0 Å². The summed E-state index contributed by atoms with van der Waals surface area (Å²) in [4.78, 5) is 47.4. The molecule has 6 rings (SSSR count). The van der Waals surface area contributed by atoms with Gasteiger partial charge in [0.05, 0.1) is 74.1 Å². The fourth-order valence-corrected chi connectivity index (χ4v) is 9.33. The zero-order valence-electron chi connectivity index (χ0n) is 38.5. The lowest BCUT2D eigenvalue weighted by atomic mass is 9.93. The molecular formula is C47H41F6I2N7O8S2. The normalized spacial score (nSPS) is 16.1. The molecule has 0 saturated carbocycles. The zero-order chi connectivity index (χ0) is 53.6. The van der Waals surface area contributed by atoms with Crippen molar-refractivity contribution in [1.82, 2.24) is 10.2 Å². The van der Waals surface area contributed by atoms with E-state index in [1.807, 2.05) is 17.1 Å². The molecule has 0 aliphatic carbocycles.